The van der Waals surface area contributed by atoms with Gasteiger partial charge in [0, 0.05) is 5.56 Å². The second kappa shape index (κ2) is 6.75. The van der Waals surface area contributed by atoms with Crippen molar-refractivity contribution in [3.63, 3.8) is 0 Å². The summed E-state index contributed by atoms with van der Waals surface area (Å²) in [5, 5.41) is 23.1. The summed E-state index contributed by atoms with van der Waals surface area (Å²) in [5.74, 6) is 5.10. The van der Waals surface area contributed by atoms with Gasteiger partial charge in [-0.2, -0.15) is 5.10 Å². The molecule has 0 saturated carbocycles. The number of nitrogens with two attached hydrogens (primary N) is 1. The normalized spacial score (nSPS) is 11.8. The molecular formula is C19H16N6O2. The number of aromatic hydroxyl groups is 2. The minimum absolute atomic E-state index is 0.227. The molecule has 0 amide bonds. The molecular weight excluding hydrogens is 344 g/mol. The van der Waals surface area contributed by atoms with Gasteiger partial charge in [0.2, 0.25) is 0 Å². The van der Waals surface area contributed by atoms with Crippen LogP contribution in [0.15, 0.2) is 66.3 Å². The summed E-state index contributed by atoms with van der Waals surface area (Å²) in [4.78, 5) is 13.1. The topological polar surface area (TPSA) is 122 Å². The van der Waals surface area contributed by atoms with E-state index in [2.05, 4.69) is 20.1 Å². The van der Waals surface area contributed by atoms with Crippen molar-refractivity contribution in [3.05, 3.63) is 78.0 Å². The monoisotopic (exact) mass is 360 g/mol. The van der Waals surface area contributed by atoms with Crippen molar-refractivity contribution in [1.29, 1.82) is 0 Å². The van der Waals surface area contributed by atoms with Gasteiger partial charge in [0.1, 0.15) is 23.2 Å². The second-order valence-electron chi connectivity index (χ2n) is 5.93. The fourth-order valence-corrected chi connectivity index (χ4v) is 2.89. The minimum atomic E-state index is -0.270. The Balaban J connectivity index is 1.79. The molecule has 4 rings (SSSR count). The standard InChI is InChI=1S/C19H16N6O2/c20-24-16(13-6-7-14(26)15(27)8-13)17-18-19(22-10-21-17)25(11-23-18)9-12-4-2-1-3-5-12/h1-8,10-11,26-27H,9,20H2/b24-16+. The van der Waals surface area contributed by atoms with Gasteiger partial charge in [-0.25, -0.2) is 15.0 Å². The number of aromatic nitrogens is 4. The molecule has 8 nitrogen and oxygen atoms in total. The van der Waals surface area contributed by atoms with Crippen LogP contribution in [0, 0.1) is 0 Å². The average molecular weight is 360 g/mol. The number of nitrogens with zero attached hydrogens (tertiary/aromatic N) is 5. The van der Waals surface area contributed by atoms with E-state index >= 15 is 0 Å². The number of fused-ring (bicyclic) bond motifs is 1. The zero-order chi connectivity index (χ0) is 18.8. The first-order valence-corrected chi connectivity index (χ1v) is 8.17. The largest absolute Gasteiger partial charge is 0.504 e. The molecule has 0 fully saturated rings. The molecule has 4 aromatic rings. The number of phenolic OH excluding ortho intramolecular Hbond substituents is 2. The smallest absolute Gasteiger partial charge is 0.164 e. The Kier molecular flexibility index (Phi) is 4.13. The highest BCUT2D eigenvalue weighted by Crippen LogP contribution is 2.27. The lowest BCUT2D eigenvalue weighted by atomic mass is 10.1. The van der Waals surface area contributed by atoms with Crippen LogP contribution in [0.2, 0.25) is 0 Å². The van der Waals surface area contributed by atoms with E-state index in [0.29, 0.717) is 34.7 Å². The van der Waals surface area contributed by atoms with Crippen LogP contribution in [0.25, 0.3) is 11.2 Å². The van der Waals surface area contributed by atoms with E-state index in [4.69, 9.17) is 5.84 Å². The SMILES string of the molecule is N/N=C(\c1ccc(O)c(O)c1)c1ncnc2c1ncn2Cc1ccccc1. The molecule has 2 aromatic heterocycles. The lowest BCUT2D eigenvalue weighted by Gasteiger charge is -2.08. The van der Waals surface area contributed by atoms with Crippen molar-refractivity contribution in [2.45, 2.75) is 6.54 Å². The molecule has 0 aliphatic rings. The van der Waals surface area contributed by atoms with Gasteiger partial charge in [-0.1, -0.05) is 30.3 Å². The van der Waals surface area contributed by atoms with Gasteiger partial charge in [0.05, 0.1) is 12.9 Å². The molecule has 0 saturated heterocycles. The Morgan fingerprint density at radius 1 is 1.00 bits per heavy atom. The number of hydrogen-bond acceptors (Lipinski definition) is 7. The maximum atomic E-state index is 9.77. The number of phenols is 2. The van der Waals surface area contributed by atoms with Crippen LogP contribution in [0.1, 0.15) is 16.8 Å². The van der Waals surface area contributed by atoms with Crippen LogP contribution in [0.3, 0.4) is 0 Å². The van der Waals surface area contributed by atoms with E-state index in [9.17, 15) is 10.2 Å². The molecule has 2 aromatic carbocycles. The first kappa shape index (κ1) is 16.5. The van der Waals surface area contributed by atoms with Crippen molar-refractivity contribution >= 4 is 16.9 Å². The van der Waals surface area contributed by atoms with E-state index in [-0.39, 0.29) is 11.5 Å². The third-order valence-corrected chi connectivity index (χ3v) is 4.20. The van der Waals surface area contributed by atoms with Crippen LogP contribution < -0.4 is 5.84 Å². The van der Waals surface area contributed by atoms with Crippen LogP contribution in [-0.4, -0.2) is 35.4 Å². The highest BCUT2D eigenvalue weighted by atomic mass is 16.3. The first-order valence-electron chi connectivity index (χ1n) is 8.17. The van der Waals surface area contributed by atoms with Crippen LogP contribution in [0.4, 0.5) is 0 Å². The molecule has 0 bridgehead atoms. The summed E-state index contributed by atoms with van der Waals surface area (Å²) in [6, 6.07) is 14.3. The molecule has 0 unspecified atom stereocenters. The van der Waals surface area contributed by atoms with E-state index in [1.165, 1.54) is 18.5 Å². The molecule has 0 atom stereocenters. The summed E-state index contributed by atoms with van der Waals surface area (Å²) in [6.07, 6.45) is 3.12. The zero-order valence-electron chi connectivity index (χ0n) is 14.2. The highest BCUT2D eigenvalue weighted by molar-refractivity contribution is 6.16. The van der Waals surface area contributed by atoms with Gasteiger partial charge in [-0.15, -0.1) is 0 Å². The predicted octanol–water partition coefficient (Wildman–Crippen LogP) is 2.00. The number of hydrazone groups is 1. The summed E-state index contributed by atoms with van der Waals surface area (Å²) in [5.41, 5.74) is 3.60. The predicted molar refractivity (Wildman–Crippen MR) is 100 cm³/mol. The van der Waals surface area contributed by atoms with Gasteiger partial charge in [0.15, 0.2) is 17.1 Å². The quantitative estimate of drug-likeness (QED) is 0.221. The molecule has 0 spiro atoms. The maximum absolute atomic E-state index is 9.77. The lowest BCUT2D eigenvalue weighted by Crippen LogP contribution is -2.10. The number of imidazole rings is 1. The summed E-state index contributed by atoms with van der Waals surface area (Å²) < 4.78 is 1.91. The molecule has 2 heterocycles. The Bertz CT molecular complexity index is 1140. The minimum Gasteiger partial charge on any atom is -0.504 e. The molecule has 0 aliphatic carbocycles. The highest BCUT2D eigenvalue weighted by Gasteiger charge is 2.18. The molecule has 134 valence electrons. The van der Waals surface area contributed by atoms with Gasteiger partial charge in [-0.3, -0.25) is 0 Å². The summed E-state index contributed by atoms with van der Waals surface area (Å²) >= 11 is 0. The Morgan fingerprint density at radius 2 is 1.81 bits per heavy atom. The van der Waals surface area contributed by atoms with E-state index < -0.39 is 0 Å². The molecule has 8 heteroatoms. The Labute approximate surface area is 154 Å². The van der Waals surface area contributed by atoms with Crippen molar-refractivity contribution < 1.29 is 10.2 Å². The van der Waals surface area contributed by atoms with Gasteiger partial charge in [0.25, 0.3) is 0 Å². The molecule has 0 radical (unpaired) electrons. The summed E-state index contributed by atoms with van der Waals surface area (Å²) in [7, 11) is 0. The number of hydrogen-bond donors (Lipinski definition) is 3. The average Bonchev–Trinajstić information content (AvgIpc) is 3.10. The third kappa shape index (κ3) is 3.04. The van der Waals surface area contributed by atoms with Crippen LogP contribution in [0.5, 0.6) is 11.5 Å². The van der Waals surface area contributed by atoms with Gasteiger partial charge < -0.3 is 20.6 Å². The van der Waals surface area contributed by atoms with E-state index in [1.807, 2.05) is 34.9 Å². The van der Waals surface area contributed by atoms with E-state index in [0.717, 1.165) is 5.56 Å². The maximum Gasteiger partial charge on any atom is 0.164 e. The Hall–Kier alpha value is -3.94. The van der Waals surface area contributed by atoms with Gasteiger partial charge in [-0.05, 0) is 23.8 Å². The summed E-state index contributed by atoms with van der Waals surface area (Å²) in [6.45, 7) is 0.614. The van der Waals surface area contributed by atoms with Crippen molar-refractivity contribution in [3.8, 4) is 11.5 Å². The fraction of sp³-hybridized carbons (Fsp3) is 0.0526. The molecule has 0 aliphatic heterocycles. The third-order valence-electron chi connectivity index (χ3n) is 4.20. The van der Waals surface area contributed by atoms with Crippen molar-refractivity contribution in [1.82, 2.24) is 19.5 Å². The van der Waals surface area contributed by atoms with Crippen LogP contribution >= 0.6 is 0 Å². The number of benzene rings is 2. The Morgan fingerprint density at radius 3 is 2.56 bits per heavy atom. The van der Waals surface area contributed by atoms with E-state index in [1.54, 1.807) is 12.4 Å². The molecule has 27 heavy (non-hydrogen) atoms. The fourth-order valence-electron chi connectivity index (χ4n) is 2.89. The molecule has 4 N–H and O–H groups in total. The van der Waals surface area contributed by atoms with Gasteiger partial charge >= 0.3 is 0 Å². The zero-order valence-corrected chi connectivity index (χ0v) is 14.2. The first-order chi connectivity index (χ1) is 13.2. The number of rotatable bonds is 4. The second-order valence-corrected chi connectivity index (χ2v) is 5.93. The van der Waals surface area contributed by atoms with Crippen molar-refractivity contribution in [2.24, 2.45) is 10.9 Å². The van der Waals surface area contributed by atoms with Crippen molar-refractivity contribution in [2.75, 3.05) is 0 Å². The van der Waals surface area contributed by atoms with Crippen LogP contribution in [-0.2, 0) is 6.54 Å². The lowest BCUT2D eigenvalue weighted by molar-refractivity contribution is 0.403.